The van der Waals surface area contributed by atoms with Crippen molar-refractivity contribution >= 4 is 29.1 Å². The maximum atomic E-state index is 8.88. The Morgan fingerprint density at radius 1 is 1.46 bits per heavy atom. The summed E-state index contributed by atoms with van der Waals surface area (Å²) in [6, 6.07) is 2.54. The average molecular weight is 347 g/mol. The van der Waals surface area contributed by atoms with E-state index in [1.807, 2.05) is 13.2 Å². The van der Waals surface area contributed by atoms with E-state index in [1.165, 1.54) is 0 Å². The number of rotatable bonds is 6. The van der Waals surface area contributed by atoms with E-state index in [-0.39, 0.29) is 0 Å². The summed E-state index contributed by atoms with van der Waals surface area (Å²) in [7, 11) is 1.84. The van der Waals surface area contributed by atoms with E-state index < -0.39 is 0 Å². The number of nitrogens with one attached hydrogen (secondary N) is 2. The van der Waals surface area contributed by atoms with E-state index in [0.29, 0.717) is 35.9 Å². The maximum absolute atomic E-state index is 8.88. The summed E-state index contributed by atoms with van der Waals surface area (Å²) in [6.45, 7) is 2.12. The fourth-order valence-electron chi connectivity index (χ4n) is 2.81. The number of nitriles is 1. The largest absolute Gasteiger partial charge is 0.367 e. The summed E-state index contributed by atoms with van der Waals surface area (Å²) in [4.78, 5) is 10.8. The smallest absolute Gasteiger partial charge is 0.229 e. The zero-order valence-corrected chi connectivity index (χ0v) is 14.2. The first kappa shape index (κ1) is 16.5. The van der Waals surface area contributed by atoms with E-state index in [4.69, 9.17) is 16.9 Å². The zero-order chi connectivity index (χ0) is 16.9. The molecule has 2 aromatic rings. The molecule has 2 aromatic heterocycles. The zero-order valence-electron chi connectivity index (χ0n) is 13.4. The van der Waals surface area contributed by atoms with Crippen molar-refractivity contribution in [2.45, 2.75) is 18.9 Å². The van der Waals surface area contributed by atoms with Crippen molar-refractivity contribution in [3.05, 3.63) is 23.6 Å². The second kappa shape index (κ2) is 7.47. The van der Waals surface area contributed by atoms with Gasteiger partial charge in [-0.3, -0.25) is 9.58 Å². The Labute approximate surface area is 145 Å². The van der Waals surface area contributed by atoms with E-state index in [2.05, 4.69) is 36.7 Å². The molecule has 24 heavy (non-hydrogen) atoms. The summed E-state index contributed by atoms with van der Waals surface area (Å²) in [5, 5.41) is 19.8. The van der Waals surface area contributed by atoms with Gasteiger partial charge in [-0.25, -0.2) is 4.98 Å². The molecular formula is C15H19ClN8. The predicted molar refractivity (Wildman–Crippen MR) is 92.2 cm³/mol. The maximum Gasteiger partial charge on any atom is 0.229 e. The Balaban J connectivity index is 1.64. The molecule has 0 bridgehead atoms. The van der Waals surface area contributed by atoms with Gasteiger partial charge in [0.2, 0.25) is 5.95 Å². The topological polar surface area (TPSA) is 94.7 Å². The molecular weight excluding hydrogens is 328 g/mol. The summed E-state index contributed by atoms with van der Waals surface area (Å²) in [5.74, 6) is 1.04. The van der Waals surface area contributed by atoms with E-state index in [0.717, 1.165) is 25.1 Å². The summed E-state index contributed by atoms with van der Waals surface area (Å²) < 4.78 is 1.70. The molecule has 0 radical (unpaired) electrons. The summed E-state index contributed by atoms with van der Waals surface area (Å²) in [6.07, 6.45) is 7.28. The van der Waals surface area contributed by atoms with Crippen LogP contribution in [0.2, 0.25) is 5.02 Å². The molecule has 0 saturated carbocycles. The SMILES string of the molecule is Cn1cc(Nc2ncc(Cl)c(NCC3CCCN3CC#N)n2)cn1. The normalized spacial score (nSPS) is 17.6. The molecule has 1 aliphatic rings. The van der Waals surface area contributed by atoms with Crippen molar-refractivity contribution in [3.63, 3.8) is 0 Å². The van der Waals surface area contributed by atoms with Crippen LogP contribution in [0.3, 0.4) is 0 Å². The van der Waals surface area contributed by atoms with Gasteiger partial charge in [0, 0.05) is 25.8 Å². The molecule has 126 valence electrons. The molecule has 0 amide bonds. The minimum Gasteiger partial charge on any atom is -0.367 e. The van der Waals surface area contributed by atoms with Crippen LogP contribution in [-0.2, 0) is 7.05 Å². The van der Waals surface area contributed by atoms with Crippen LogP contribution in [0.1, 0.15) is 12.8 Å². The molecule has 3 rings (SSSR count). The van der Waals surface area contributed by atoms with Crippen molar-refractivity contribution in [2.24, 2.45) is 7.05 Å². The van der Waals surface area contributed by atoms with Gasteiger partial charge < -0.3 is 10.6 Å². The molecule has 0 aromatic carbocycles. The standard InChI is InChI=1S/C15H19ClN8/c1-23-10-11(7-20-23)21-15-19-9-13(16)14(22-15)18-8-12-3-2-5-24(12)6-4-17/h7,9-10,12H,2-3,5-6,8H2,1H3,(H2,18,19,21,22). The van der Waals surface area contributed by atoms with Gasteiger partial charge in [-0.15, -0.1) is 0 Å². The Hall–Kier alpha value is -2.37. The first-order valence-corrected chi connectivity index (χ1v) is 8.16. The van der Waals surface area contributed by atoms with Crippen LogP contribution < -0.4 is 10.6 Å². The number of anilines is 3. The number of halogens is 1. The lowest BCUT2D eigenvalue weighted by Gasteiger charge is -2.22. The van der Waals surface area contributed by atoms with Gasteiger partial charge in [-0.05, 0) is 19.4 Å². The molecule has 1 atom stereocenters. The highest BCUT2D eigenvalue weighted by atomic mass is 35.5. The monoisotopic (exact) mass is 346 g/mol. The Morgan fingerprint density at radius 2 is 2.33 bits per heavy atom. The third kappa shape index (κ3) is 3.93. The van der Waals surface area contributed by atoms with Gasteiger partial charge in [0.25, 0.3) is 0 Å². The van der Waals surface area contributed by atoms with Crippen LogP contribution in [0.5, 0.6) is 0 Å². The third-order valence-corrected chi connectivity index (χ3v) is 4.26. The first-order chi connectivity index (χ1) is 11.7. The number of aromatic nitrogens is 4. The molecule has 1 unspecified atom stereocenters. The van der Waals surface area contributed by atoms with Crippen LogP contribution >= 0.6 is 11.6 Å². The van der Waals surface area contributed by atoms with E-state index in [1.54, 1.807) is 17.1 Å². The molecule has 8 nitrogen and oxygen atoms in total. The number of hydrogen-bond donors (Lipinski definition) is 2. The lowest BCUT2D eigenvalue weighted by molar-refractivity contribution is 0.294. The van der Waals surface area contributed by atoms with Gasteiger partial charge in [0.15, 0.2) is 5.82 Å². The average Bonchev–Trinajstić information content (AvgIpc) is 3.17. The van der Waals surface area contributed by atoms with Crippen LogP contribution in [0.15, 0.2) is 18.6 Å². The Bertz CT molecular complexity index is 737. The number of likely N-dealkylation sites (tertiary alicyclic amines) is 1. The number of hydrogen-bond acceptors (Lipinski definition) is 7. The minimum atomic E-state index is 0.324. The molecule has 0 aliphatic carbocycles. The van der Waals surface area contributed by atoms with Gasteiger partial charge in [-0.2, -0.15) is 15.3 Å². The van der Waals surface area contributed by atoms with Gasteiger partial charge in [0.1, 0.15) is 5.02 Å². The van der Waals surface area contributed by atoms with Crippen molar-refractivity contribution in [2.75, 3.05) is 30.3 Å². The Morgan fingerprint density at radius 3 is 3.08 bits per heavy atom. The quantitative estimate of drug-likeness (QED) is 0.772. The molecule has 1 aliphatic heterocycles. The van der Waals surface area contributed by atoms with Gasteiger partial charge in [-0.1, -0.05) is 11.6 Å². The minimum absolute atomic E-state index is 0.324. The Kier molecular flexibility index (Phi) is 5.13. The molecule has 1 saturated heterocycles. The lowest BCUT2D eigenvalue weighted by atomic mass is 10.2. The summed E-state index contributed by atoms with van der Waals surface area (Å²) >= 11 is 6.19. The highest BCUT2D eigenvalue weighted by Gasteiger charge is 2.24. The van der Waals surface area contributed by atoms with Crippen molar-refractivity contribution in [1.29, 1.82) is 5.26 Å². The van der Waals surface area contributed by atoms with Crippen molar-refractivity contribution in [3.8, 4) is 6.07 Å². The van der Waals surface area contributed by atoms with E-state index in [9.17, 15) is 0 Å². The second-order valence-electron chi connectivity index (χ2n) is 5.72. The molecule has 0 spiro atoms. The fourth-order valence-corrected chi connectivity index (χ4v) is 2.96. The molecule has 9 heteroatoms. The van der Waals surface area contributed by atoms with E-state index >= 15 is 0 Å². The van der Waals surface area contributed by atoms with Crippen molar-refractivity contribution in [1.82, 2.24) is 24.6 Å². The lowest BCUT2D eigenvalue weighted by Crippen LogP contribution is -2.35. The van der Waals surface area contributed by atoms with Crippen LogP contribution in [0.4, 0.5) is 17.5 Å². The van der Waals surface area contributed by atoms with Gasteiger partial charge >= 0.3 is 0 Å². The molecule has 2 N–H and O–H groups in total. The highest BCUT2D eigenvalue weighted by Crippen LogP contribution is 2.23. The molecule has 3 heterocycles. The highest BCUT2D eigenvalue weighted by molar-refractivity contribution is 6.32. The van der Waals surface area contributed by atoms with Gasteiger partial charge in [0.05, 0.1) is 30.7 Å². The second-order valence-corrected chi connectivity index (χ2v) is 6.13. The predicted octanol–water partition coefficient (Wildman–Crippen LogP) is 2.01. The summed E-state index contributed by atoms with van der Waals surface area (Å²) in [5.41, 5.74) is 0.807. The van der Waals surface area contributed by atoms with Crippen LogP contribution in [-0.4, -0.2) is 50.3 Å². The molecule has 1 fully saturated rings. The number of nitrogens with zero attached hydrogens (tertiary/aromatic N) is 6. The van der Waals surface area contributed by atoms with Crippen LogP contribution in [0.25, 0.3) is 0 Å². The van der Waals surface area contributed by atoms with Crippen molar-refractivity contribution < 1.29 is 0 Å². The third-order valence-electron chi connectivity index (χ3n) is 3.98. The first-order valence-electron chi connectivity index (χ1n) is 7.79. The fraction of sp³-hybridized carbons (Fsp3) is 0.467. The van der Waals surface area contributed by atoms with Crippen LogP contribution in [0, 0.1) is 11.3 Å². The number of aryl methyl sites for hydroxylation is 1.